The van der Waals surface area contributed by atoms with Crippen LogP contribution in [0.25, 0.3) is 0 Å². The van der Waals surface area contributed by atoms with E-state index in [4.69, 9.17) is 0 Å². The van der Waals surface area contributed by atoms with Gasteiger partial charge >= 0.3 is 0 Å². The van der Waals surface area contributed by atoms with E-state index in [2.05, 4.69) is 52.7 Å². The van der Waals surface area contributed by atoms with Crippen molar-refractivity contribution in [1.29, 1.82) is 0 Å². The average Bonchev–Trinajstić information content (AvgIpc) is 2.85. The molecule has 4 heteroatoms. The van der Waals surface area contributed by atoms with Crippen LogP contribution in [0.15, 0.2) is 36.7 Å². The van der Waals surface area contributed by atoms with Gasteiger partial charge in [0.05, 0.1) is 6.20 Å². The van der Waals surface area contributed by atoms with Gasteiger partial charge in [0, 0.05) is 50.3 Å². The second-order valence-corrected chi connectivity index (χ2v) is 4.91. The lowest BCUT2D eigenvalue weighted by atomic mass is 10.2. The number of nitrogens with one attached hydrogen (secondary N) is 1. The number of aromatic nitrogens is 2. The van der Waals surface area contributed by atoms with Gasteiger partial charge in [-0.2, -0.15) is 5.10 Å². The Morgan fingerprint density at radius 2 is 2.16 bits per heavy atom. The number of nitrogens with zero attached hydrogens (tertiary/aromatic N) is 3. The first-order valence-corrected chi connectivity index (χ1v) is 6.71. The standard InChI is InChI=1S/C15H22N4/c1-4-8-19-12-13(11-17-19)10-16-14-6-5-7-15(9-14)18(2)3/h5-7,9,11-12,16H,4,8,10H2,1-3H3. The van der Waals surface area contributed by atoms with Crippen LogP contribution in [0.3, 0.4) is 0 Å². The van der Waals surface area contributed by atoms with Crippen molar-refractivity contribution in [1.82, 2.24) is 9.78 Å². The first-order chi connectivity index (χ1) is 9.19. The van der Waals surface area contributed by atoms with Crippen molar-refractivity contribution >= 4 is 11.4 Å². The fourth-order valence-electron chi connectivity index (χ4n) is 1.95. The minimum absolute atomic E-state index is 0.806. The molecule has 0 radical (unpaired) electrons. The van der Waals surface area contributed by atoms with Crippen molar-refractivity contribution < 1.29 is 0 Å². The third kappa shape index (κ3) is 3.74. The number of aryl methyl sites for hydroxylation is 1. The molecule has 0 bridgehead atoms. The summed E-state index contributed by atoms with van der Waals surface area (Å²) in [7, 11) is 4.10. The van der Waals surface area contributed by atoms with Crippen LogP contribution in [0.4, 0.5) is 11.4 Å². The smallest absolute Gasteiger partial charge is 0.0539 e. The number of hydrogen-bond acceptors (Lipinski definition) is 3. The van der Waals surface area contributed by atoms with E-state index < -0.39 is 0 Å². The molecular weight excluding hydrogens is 236 g/mol. The monoisotopic (exact) mass is 258 g/mol. The maximum absolute atomic E-state index is 4.33. The van der Waals surface area contributed by atoms with Gasteiger partial charge in [0.2, 0.25) is 0 Å². The minimum Gasteiger partial charge on any atom is -0.381 e. The van der Waals surface area contributed by atoms with E-state index in [1.807, 2.05) is 25.0 Å². The van der Waals surface area contributed by atoms with Gasteiger partial charge in [-0.05, 0) is 24.6 Å². The van der Waals surface area contributed by atoms with Crippen LogP contribution in [0, 0.1) is 0 Å². The molecule has 4 nitrogen and oxygen atoms in total. The quantitative estimate of drug-likeness (QED) is 0.864. The lowest BCUT2D eigenvalue weighted by molar-refractivity contribution is 0.602. The zero-order valence-electron chi connectivity index (χ0n) is 11.9. The third-order valence-electron chi connectivity index (χ3n) is 3.00. The second-order valence-electron chi connectivity index (χ2n) is 4.91. The summed E-state index contributed by atoms with van der Waals surface area (Å²) in [4.78, 5) is 2.10. The molecular formula is C15H22N4. The highest BCUT2D eigenvalue weighted by Crippen LogP contribution is 2.17. The van der Waals surface area contributed by atoms with Crippen LogP contribution in [-0.2, 0) is 13.1 Å². The molecule has 102 valence electrons. The van der Waals surface area contributed by atoms with Crippen LogP contribution in [0.2, 0.25) is 0 Å². The maximum atomic E-state index is 4.33. The van der Waals surface area contributed by atoms with E-state index in [1.165, 1.54) is 11.3 Å². The number of hydrogen-bond donors (Lipinski definition) is 1. The molecule has 0 aliphatic heterocycles. The molecule has 0 aliphatic rings. The Balaban J connectivity index is 1.95. The van der Waals surface area contributed by atoms with E-state index in [9.17, 15) is 0 Å². The van der Waals surface area contributed by atoms with Crippen molar-refractivity contribution in [3.63, 3.8) is 0 Å². The van der Waals surface area contributed by atoms with Crippen molar-refractivity contribution in [3.05, 3.63) is 42.2 Å². The normalized spacial score (nSPS) is 10.5. The summed E-state index contributed by atoms with van der Waals surface area (Å²) >= 11 is 0. The molecule has 1 aromatic heterocycles. The van der Waals surface area contributed by atoms with Crippen LogP contribution < -0.4 is 10.2 Å². The van der Waals surface area contributed by atoms with Gasteiger partial charge in [-0.15, -0.1) is 0 Å². The number of rotatable bonds is 6. The van der Waals surface area contributed by atoms with Crippen molar-refractivity contribution in [2.75, 3.05) is 24.3 Å². The van der Waals surface area contributed by atoms with Crippen LogP contribution in [-0.4, -0.2) is 23.9 Å². The van der Waals surface area contributed by atoms with Crippen LogP contribution in [0.1, 0.15) is 18.9 Å². The molecule has 0 aliphatic carbocycles. The summed E-state index contributed by atoms with van der Waals surface area (Å²) in [6.45, 7) is 3.95. The molecule has 0 spiro atoms. The van der Waals surface area contributed by atoms with E-state index in [-0.39, 0.29) is 0 Å². The molecule has 1 heterocycles. The molecule has 0 fully saturated rings. The van der Waals surface area contributed by atoms with Gasteiger partial charge in [0.25, 0.3) is 0 Å². The van der Waals surface area contributed by atoms with E-state index >= 15 is 0 Å². The molecule has 0 amide bonds. The first kappa shape index (κ1) is 13.5. The van der Waals surface area contributed by atoms with Crippen LogP contribution >= 0.6 is 0 Å². The predicted octanol–water partition coefficient (Wildman–Crippen LogP) is 2.97. The Morgan fingerprint density at radius 3 is 2.89 bits per heavy atom. The first-order valence-electron chi connectivity index (χ1n) is 6.71. The van der Waals surface area contributed by atoms with Gasteiger partial charge in [-0.25, -0.2) is 0 Å². The van der Waals surface area contributed by atoms with E-state index in [0.717, 1.165) is 25.2 Å². The van der Waals surface area contributed by atoms with Crippen molar-refractivity contribution in [2.24, 2.45) is 0 Å². The lowest BCUT2D eigenvalue weighted by Gasteiger charge is -2.14. The molecule has 1 aromatic carbocycles. The highest BCUT2D eigenvalue weighted by atomic mass is 15.3. The van der Waals surface area contributed by atoms with Gasteiger partial charge in [0.1, 0.15) is 0 Å². The Bertz CT molecular complexity index is 516. The maximum Gasteiger partial charge on any atom is 0.0539 e. The minimum atomic E-state index is 0.806. The van der Waals surface area contributed by atoms with Gasteiger partial charge in [-0.3, -0.25) is 4.68 Å². The zero-order chi connectivity index (χ0) is 13.7. The molecule has 0 atom stereocenters. The molecule has 19 heavy (non-hydrogen) atoms. The summed E-state index contributed by atoms with van der Waals surface area (Å²) in [5.74, 6) is 0. The zero-order valence-corrected chi connectivity index (χ0v) is 11.9. The molecule has 0 saturated heterocycles. The van der Waals surface area contributed by atoms with Crippen molar-refractivity contribution in [3.8, 4) is 0 Å². The second kappa shape index (κ2) is 6.27. The molecule has 0 unspecified atom stereocenters. The largest absolute Gasteiger partial charge is 0.381 e. The summed E-state index contributed by atoms with van der Waals surface area (Å²) in [5, 5.41) is 7.76. The third-order valence-corrected chi connectivity index (χ3v) is 3.00. The number of benzene rings is 1. The highest BCUT2D eigenvalue weighted by Gasteiger charge is 2.00. The SMILES string of the molecule is CCCn1cc(CNc2cccc(N(C)C)c2)cn1. The Labute approximate surface area is 115 Å². The van der Waals surface area contributed by atoms with Gasteiger partial charge in [0.15, 0.2) is 0 Å². The fraction of sp³-hybridized carbons (Fsp3) is 0.400. The summed E-state index contributed by atoms with van der Waals surface area (Å²) < 4.78 is 1.99. The van der Waals surface area contributed by atoms with E-state index in [1.54, 1.807) is 0 Å². The summed E-state index contributed by atoms with van der Waals surface area (Å²) in [6, 6.07) is 8.41. The summed E-state index contributed by atoms with van der Waals surface area (Å²) in [6.07, 6.45) is 5.14. The van der Waals surface area contributed by atoms with Gasteiger partial charge in [-0.1, -0.05) is 13.0 Å². The summed E-state index contributed by atoms with van der Waals surface area (Å²) in [5.41, 5.74) is 3.55. The molecule has 1 N–H and O–H groups in total. The fourth-order valence-corrected chi connectivity index (χ4v) is 1.95. The van der Waals surface area contributed by atoms with Crippen LogP contribution in [0.5, 0.6) is 0 Å². The molecule has 2 aromatic rings. The average molecular weight is 258 g/mol. The van der Waals surface area contributed by atoms with E-state index in [0.29, 0.717) is 0 Å². The molecule has 2 rings (SSSR count). The number of anilines is 2. The Kier molecular flexibility index (Phi) is 4.44. The molecule has 0 saturated carbocycles. The lowest BCUT2D eigenvalue weighted by Crippen LogP contribution is -2.09. The highest BCUT2D eigenvalue weighted by molar-refractivity contribution is 5.57. The predicted molar refractivity (Wildman–Crippen MR) is 80.6 cm³/mol. The van der Waals surface area contributed by atoms with Gasteiger partial charge < -0.3 is 10.2 Å². The Hall–Kier alpha value is -1.97. The van der Waals surface area contributed by atoms with Crippen molar-refractivity contribution in [2.45, 2.75) is 26.4 Å². The topological polar surface area (TPSA) is 33.1 Å². The Morgan fingerprint density at radius 1 is 1.32 bits per heavy atom.